The van der Waals surface area contributed by atoms with Crippen molar-refractivity contribution in [3.63, 3.8) is 0 Å². The molecule has 2 aromatic rings. The number of rotatable bonds is 2. The summed E-state index contributed by atoms with van der Waals surface area (Å²) in [6.45, 7) is 1.65. The molecule has 0 saturated carbocycles. The van der Waals surface area contributed by atoms with Gasteiger partial charge in [0, 0.05) is 17.3 Å². The van der Waals surface area contributed by atoms with E-state index in [1.54, 1.807) is 18.2 Å². The van der Waals surface area contributed by atoms with E-state index in [0.717, 1.165) is 0 Å². The number of nitrogens with zero attached hydrogens (tertiary/aromatic N) is 3. The summed E-state index contributed by atoms with van der Waals surface area (Å²) in [6, 6.07) is 9.53. The molecule has 5 nitrogen and oxygen atoms in total. The summed E-state index contributed by atoms with van der Waals surface area (Å²) in [5, 5.41) is 8.70. The molecule has 0 aliphatic carbocycles. The van der Waals surface area contributed by atoms with Crippen LogP contribution in [-0.4, -0.2) is 17.6 Å². The number of hydrogen-bond donors (Lipinski definition) is 0. The molecule has 1 saturated heterocycles. The Morgan fingerprint density at radius 1 is 1.33 bits per heavy atom. The third-order valence-electron chi connectivity index (χ3n) is 3.12. The third-order valence-corrected chi connectivity index (χ3v) is 3.12. The van der Waals surface area contributed by atoms with Crippen molar-refractivity contribution in [3.05, 3.63) is 54.6 Å². The topological polar surface area (TPSA) is 66.2 Å². The number of cyclic esters (lactones) is 1. The zero-order valence-electron chi connectivity index (χ0n) is 10.8. The second-order valence-corrected chi connectivity index (χ2v) is 4.37. The first-order valence-electron chi connectivity index (χ1n) is 6.15. The largest absolute Gasteiger partial charge is 0.440 e. The number of amides is 1. The lowest BCUT2D eigenvalue weighted by atomic mass is 10.1. The lowest BCUT2D eigenvalue weighted by Gasteiger charge is -2.13. The molecule has 1 radical (unpaired) electrons. The van der Waals surface area contributed by atoms with Gasteiger partial charge in [-0.2, -0.15) is 5.26 Å². The molecular formula is C15H9FN3O2. The number of ether oxygens (including phenoxy) is 1. The summed E-state index contributed by atoms with van der Waals surface area (Å²) < 4.78 is 18.9. The molecule has 0 spiro atoms. The first-order chi connectivity index (χ1) is 10.2. The molecule has 1 fully saturated rings. The number of anilines is 1. The van der Waals surface area contributed by atoms with E-state index in [1.165, 1.54) is 29.8 Å². The van der Waals surface area contributed by atoms with Crippen molar-refractivity contribution in [1.82, 2.24) is 4.98 Å². The average Bonchev–Trinajstić information content (AvgIpc) is 2.93. The molecule has 1 aliphatic rings. The third kappa shape index (κ3) is 2.41. The molecule has 0 N–H and O–H groups in total. The Morgan fingerprint density at radius 2 is 2.19 bits per heavy atom. The van der Waals surface area contributed by atoms with Crippen molar-refractivity contribution in [3.8, 4) is 17.2 Å². The molecule has 2 heterocycles. The summed E-state index contributed by atoms with van der Waals surface area (Å²) >= 11 is 0. The summed E-state index contributed by atoms with van der Waals surface area (Å²) in [4.78, 5) is 16.7. The molecule has 1 aromatic carbocycles. The van der Waals surface area contributed by atoms with E-state index in [-0.39, 0.29) is 12.2 Å². The minimum atomic E-state index is -0.526. The predicted octanol–water partition coefficient (Wildman–Crippen LogP) is 2.88. The summed E-state index contributed by atoms with van der Waals surface area (Å²) in [5.74, 6) is -0.473. The monoisotopic (exact) mass is 282 g/mol. The zero-order chi connectivity index (χ0) is 14.8. The Labute approximate surface area is 120 Å². The van der Waals surface area contributed by atoms with Crippen LogP contribution < -0.4 is 4.90 Å². The molecule has 1 aromatic heterocycles. The van der Waals surface area contributed by atoms with Crippen LogP contribution >= 0.6 is 0 Å². The van der Waals surface area contributed by atoms with Crippen LogP contribution in [-0.2, 0) is 4.74 Å². The molecule has 0 unspecified atom stereocenters. The van der Waals surface area contributed by atoms with Gasteiger partial charge in [0.25, 0.3) is 0 Å². The van der Waals surface area contributed by atoms with Crippen molar-refractivity contribution in [2.75, 3.05) is 11.4 Å². The minimum absolute atomic E-state index is 0.270. The quantitative estimate of drug-likeness (QED) is 0.849. The van der Waals surface area contributed by atoms with Gasteiger partial charge in [0.05, 0.1) is 12.2 Å². The maximum absolute atomic E-state index is 14.2. The van der Waals surface area contributed by atoms with E-state index in [0.29, 0.717) is 16.8 Å². The molecule has 3 rings (SSSR count). The normalized spacial score (nSPS) is 13.9. The van der Waals surface area contributed by atoms with Crippen LogP contribution in [0.5, 0.6) is 0 Å². The zero-order valence-corrected chi connectivity index (χ0v) is 10.8. The van der Waals surface area contributed by atoms with Crippen molar-refractivity contribution < 1.29 is 13.9 Å². The van der Waals surface area contributed by atoms with Crippen LogP contribution in [0.2, 0.25) is 0 Å². The highest BCUT2D eigenvalue weighted by Crippen LogP contribution is 2.28. The standard InChI is InChI=1S/C15H9FN3O2/c16-14-7-12(19-5-6-21-15(19)20)3-4-13(14)10-1-2-11(8-17)18-9-10/h1-4,6-7,9H,5H2. The molecule has 103 valence electrons. The summed E-state index contributed by atoms with van der Waals surface area (Å²) in [6.07, 6.45) is 0.913. The van der Waals surface area contributed by atoms with Crippen LogP contribution in [0.1, 0.15) is 5.69 Å². The highest BCUT2D eigenvalue weighted by atomic mass is 19.1. The van der Waals surface area contributed by atoms with E-state index in [1.807, 2.05) is 6.07 Å². The van der Waals surface area contributed by atoms with Crippen molar-refractivity contribution >= 4 is 11.8 Å². The molecule has 1 amide bonds. The smallest absolute Gasteiger partial charge is 0.414 e. The van der Waals surface area contributed by atoms with Crippen molar-refractivity contribution in [1.29, 1.82) is 5.26 Å². The summed E-state index contributed by atoms with van der Waals surface area (Å²) in [5.41, 5.74) is 1.61. The molecule has 1 aliphatic heterocycles. The number of benzene rings is 1. The number of carbonyl (C=O) groups is 1. The highest BCUT2D eigenvalue weighted by Gasteiger charge is 2.24. The fourth-order valence-electron chi connectivity index (χ4n) is 2.06. The van der Waals surface area contributed by atoms with Crippen LogP contribution in [0.25, 0.3) is 11.1 Å². The van der Waals surface area contributed by atoms with Gasteiger partial charge < -0.3 is 4.74 Å². The van der Waals surface area contributed by atoms with Gasteiger partial charge in [-0.05, 0) is 30.3 Å². The maximum Gasteiger partial charge on any atom is 0.414 e. The van der Waals surface area contributed by atoms with Crippen LogP contribution in [0.15, 0.2) is 36.5 Å². The lowest BCUT2D eigenvalue weighted by Crippen LogP contribution is -2.23. The number of carbonyl (C=O) groups excluding carboxylic acids is 1. The van der Waals surface area contributed by atoms with E-state index in [4.69, 9.17) is 10.00 Å². The first-order valence-corrected chi connectivity index (χ1v) is 6.15. The molecule has 0 atom stereocenters. The van der Waals surface area contributed by atoms with Crippen LogP contribution in [0, 0.1) is 23.8 Å². The van der Waals surface area contributed by atoms with Crippen molar-refractivity contribution in [2.24, 2.45) is 0 Å². The van der Waals surface area contributed by atoms with Crippen molar-refractivity contribution in [2.45, 2.75) is 0 Å². The fourth-order valence-corrected chi connectivity index (χ4v) is 2.06. The highest BCUT2D eigenvalue weighted by molar-refractivity contribution is 5.90. The molecule has 21 heavy (non-hydrogen) atoms. The Hall–Kier alpha value is -2.94. The second-order valence-electron chi connectivity index (χ2n) is 4.37. The fraction of sp³-hybridized carbons (Fsp3) is 0.0667. The average molecular weight is 282 g/mol. The predicted molar refractivity (Wildman–Crippen MR) is 72.5 cm³/mol. The number of nitriles is 1. The lowest BCUT2D eigenvalue weighted by molar-refractivity contribution is 0.196. The van der Waals surface area contributed by atoms with E-state index in [9.17, 15) is 9.18 Å². The Bertz CT molecular complexity index is 738. The van der Waals surface area contributed by atoms with Gasteiger partial charge in [-0.3, -0.25) is 4.90 Å². The van der Waals surface area contributed by atoms with E-state index >= 15 is 0 Å². The number of hydrogen-bond acceptors (Lipinski definition) is 4. The van der Waals surface area contributed by atoms with Crippen LogP contribution in [0.4, 0.5) is 14.9 Å². The molecular weight excluding hydrogens is 273 g/mol. The molecule has 6 heteroatoms. The van der Waals surface area contributed by atoms with Gasteiger partial charge in [-0.15, -0.1) is 0 Å². The molecule has 0 bridgehead atoms. The van der Waals surface area contributed by atoms with Gasteiger partial charge in [0.1, 0.15) is 17.6 Å². The number of aromatic nitrogens is 1. The van der Waals surface area contributed by atoms with Gasteiger partial charge >= 0.3 is 6.09 Å². The summed E-state index contributed by atoms with van der Waals surface area (Å²) in [7, 11) is 0. The Balaban J connectivity index is 1.94. The first kappa shape index (κ1) is 13.1. The minimum Gasteiger partial charge on any atom is -0.440 e. The number of halogens is 1. The van der Waals surface area contributed by atoms with E-state index < -0.39 is 11.9 Å². The maximum atomic E-state index is 14.2. The van der Waals surface area contributed by atoms with Gasteiger partial charge in [0.2, 0.25) is 0 Å². The van der Waals surface area contributed by atoms with Crippen LogP contribution in [0.3, 0.4) is 0 Å². The van der Waals surface area contributed by atoms with Gasteiger partial charge in [-0.25, -0.2) is 14.2 Å². The second kappa shape index (κ2) is 5.21. The Morgan fingerprint density at radius 3 is 2.76 bits per heavy atom. The van der Waals surface area contributed by atoms with E-state index in [2.05, 4.69) is 4.98 Å². The SMILES string of the molecule is N#Cc1ccc(-c2ccc(N3C[CH]OC3=O)cc2F)cn1. The van der Waals surface area contributed by atoms with Gasteiger partial charge in [-0.1, -0.05) is 0 Å². The number of pyridine rings is 1. The Kier molecular flexibility index (Phi) is 3.24. The van der Waals surface area contributed by atoms with Gasteiger partial charge in [0.15, 0.2) is 6.61 Å².